The van der Waals surface area contributed by atoms with E-state index in [1.54, 1.807) is 23.3 Å². The molecule has 0 saturated carbocycles. The van der Waals surface area contributed by atoms with Gasteiger partial charge in [-0.2, -0.15) is 0 Å². The highest BCUT2D eigenvalue weighted by molar-refractivity contribution is 9.11. The summed E-state index contributed by atoms with van der Waals surface area (Å²) in [6.45, 7) is 0. The Morgan fingerprint density at radius 1 is 0.957 bits per heavy atom. The number of nitrogens with zero attached hydrogens (tertiary/aromatic N) is 1. The molecule has 1 heterocycles. The van der Waals surface area contributed by atoms with Gasteiger partial charge in [-0.3, -0.25) is 0 Å². The van der Waals surface area contributed by atoms with Crippen LogP contribution in [0.15, 0.2) is 62.8 Å². The largest absolute Gasteiger partial charge is 0.465 e. The van der Waals surface area contributed by atoms with Gasteiger partial charge in [0.05, 0.1) is 19.8 Å². The van der Waals surface area contributed by atoms with Crippen molar-refractivity contribution in [3.05, 3.63) is 62.8 Å². The number of rotatable bonds is 3. The Hall–Kier alpha value is -1.86. The molecule has 0 aromatic heterocycles. The van der Waals surface area contributed by atoms with Crippen LogP contribution in [0.3, 0.4) is 0 Å². The van der Waals surface area contributed by atoms with Crippen LogP contribution in [0.5, 0.6) is 0 Å². The van der Waals surface area contributed by atoms with Crippen molar-refractivity contribution in [2.24, 2.45) is 0 Å². The third-order valence-corrected chi connectivity index (χ3v) is 3.93. The molecule has 1 aliphatic heterocycles. The number of methoxy groups -OCH3 is 2. The molecule has 0 aliphatic carbocycles. The van der Waals surface area contributed by atoms with E-state index in [1.807, 2.05) is 18.2 Å². The molecule has 0 bridgehead atoms. The topological polar surface area (TPSA) is 55.8 Å². The van der Waals surface area contributed by atoms with Gasteiger partial charge in [0.1, 0.15) is 5.70 Å². The van der Waals surface area contributed by atoms with Crippen molar-refractivity contribution in [3.63, 3.8) is 0 Å². The molecule has 7 heteroatoms. The molecule has 0 saturated heterocycles. The van der Waals surface area contributed by atoms with Crippen LogP contribution in [-0.2, 0) is 19.1 Å². The normalized spacial score (nSPS) is 13.8. The molecule has 1 aromatic carbocycles. The van der Waals surface area contributed by atoms with Crippen LogP contribution in [0.2, 0.25) is 0 Å². The van der Waals surface area contributed by atoms with Gasteiger partial charge in [0.25, 0.3) is 0 Å². The van der Waals surface area contributed by atoms with Crippen molar-refractivity contribution < 1.29 is 19.1 Å². The summed E-state index contributed by atoms with van der Waals surface area (Å²) >= 11 is 6.82. The number of ether oxygens (including phenoxy) is 2. The second-order valence-electron chi connectivity index (χ2n) is 4.44. The first-order valence-corrected chi connectivity index (χ1v) is 8.07. The zero-order valence-corrected chi connectivity index (χ0v) is 15.5. The van der Waals surface area contributed by atoms with Crippen LogP contribution >= 0.6 is 31.9 Å². The van der Waals surface area contributed by atoms with E-state index in [0.717, 1.165) is 8.95 Å². The molecule has 23 heavy (non-hydrogen) atoms. The summed E-state index contributed by atoms with van der Waals surface area (Å²) in [5, 5.41) is 0. The number of allylic oxidation sites excluding steroid dienone is 2. The highest BCUT2D eigenvalue weighted by Crippen LogP contribution is 2.31. The summed E-state index contributed by atoms with van der Waals surface area (Å²) in [5.74, 6) is -1.26. The Balaban J connectivity index is 2.68. The Morgan fingerprint density at radius 2 is 1.57 bits per heavy atom. The number of halogens is 2. The van der Waals surface area contributed by atoms with Crippen LogP contribution in [0.4, 0.5) is 5.69 Å². The van der Waals surface area contributed by atoms with Gasteiger partial charge in [0.2, 0.25) is 0 Å². The predicted molar refractivity (Wildman–Crippen MR) is 93.7 cm³/mol. The average molecular weight is 443 g/mol. The monoisotopic (exact) mass is 441 g/mol. The molecule has 1 aromatic rings. The minimum Gasteiger partial charge on any atom is -0.465 e. The lowest BCUT2D eigenvalue weighted by molar-refractivity contribution is -0.139. The van der Waals surface area contributed by atoms with Gasteiger partial charge in [-0.15, -0.1) is 0 Å². The maximum absolute atomic E-state index is 12.3. The SMILES string of the molecule is COC(=O)C1=C(C(=O)OC)N(c2cc(Br)cc(Br)c2)C=CC=C1. The minimum absolute atomic E-state index is 0.0781. The molecule has 0 amide bonds. The predicted octanol–water partition coefficient (Wildman–Crippen LogP) is 3.70. The van der Waals surface area contributed by atoms with Gasteiger partial charge in [0.15, 0.2) is 0 Å². The molecule has 0 atom stereocenters. The third-order valence-electron chi connectivity index (χ3n) is 3.01. The van der Waals surface area contributed by atoms with Crippen LogP contribution in [0.1, 0.15) is 0 Å². The zero-order valence-electron chi connectivity index (χ0n) is 12.4. The molecule has 120 valence electrons. The average Bonchev–Trinajstić information content (AvgIpc) is 2.75. The Morgan fingerprint density at radius 3 is 2.13 bits per heavy atom. The van der Waals surface area contributed by atoms with Crippen LogP contribution in [-0.4, -0.2) is 26.2 Å². The van der Waals surface area contributed by atoms with E-state index >= 15 is 0 Å². The number of benzene rings is 1. The molecular weight excluding hydrogens is 430 g/mol. The van der Waals surface area contributed by atoms with E-state index in [-0.39, 0.29) is 11.3 Å². The summed E-state index contributed by atoms with van der Waals surface area (Å²) in [7, 11) is 2.52. The second kappa shape index (κ2) is 7.61. The highest BCUT2D eigenvalue weighted by Gasteiger charge is 2.27. The van der Waals surface area contributed by atoms with E-state index in [0.29, 0.717) is 5.69 Å². The van der Waals surface area contributed by atoms with Crippen molar-refractivity contribution in [2.45, 2.75) is 0 Å². The summed E-state index contributed by atoms with van der Waals surface area (Å²) in [6, 6.07) is 5.50. The summed E-state index contributed by atoms with van der Waals surface area (Å²) in [6.07, 6.45) is 6.56. The number of carbonyl (C=O) groups excluding carboxylic acids is 2. The maximum atomic E-state index is 12.3. The first-order chi connectivity index (χ1) is 11.0. The van der Waals surface area contributed by atoms with Crippen molar-refractivity contribution in [3.8, 4) is 0 Å². The molecule has 2 rings (SSSR count). The minimum atomic E-state index is -0.641. The molecule has 1 aliphatic rings. The standard InChI is InChI=1S/C16H13Br2NO4/c1-22-15(20)13-5-3-4-6-19(14(13)16(21)23-2)12-8-10(17)7-11(18)9-12/h3-9H,1-2H3. The first kappa shape index (κ1) is 17.5. The molecule has 5 nitrogen and oxygen atoms in total. The van der Waals surface area contributed by atoms with E-state index in [1.165, 1.54) is 20.3 Å². The fraction of sp³-hybridized carbons (Fsp3) is 0.125. The van der Waals surface area contributed by atoms with Crippen LogP contribution in [0, 0.1) is 0 Å². The van der Waals surface area contributed by atoms with Crippen molar-refractivity contribution in [1.29, 1.82) is 0 Å². The lowest BCUT2D eigenvalue weighted by Gasteiger charge is -2.23. The zero-order chi connectivity index (χ0) is 17.0. The molecule has 0 N–H and O–H groups in total. The number of hydrogen-bond donors (Lipinski definition) is 0. The fourth-order valence-electron chi connectivity index (χ4n) is 2.04. The molecule has 0 radical (unpaired) electrons. The van der Waals surface area contributed by atoms with Gasteiger partial charge in [-0.25, -0.2) is 9.59 Å². The highest BCUT2D eigenvalue weighted by atomic mass is 79.9. The van der Waals surface area contributed by atoms with E-state index in [4.69, 9.17) is 9.47 Å². The number of hydrogen-bond acceptors (Lipinski definition) is 5. The van der Waals surface area contributed by atoms with Crippen molar-refractivity contribution >= 4 is 49.5 Å². The van der Waals surface area contributed by atoms with Gasteiger partial charge in [-0.1, -0.05) is 37.9 Å². The van der Waals surface area contributed by atoms with Gasteiger partial charge < -0.3 is 14.4 Å². The van der Waals surface area contributed by atoms with Crippen LogP contribution in [0.25, 0.3) is 0 Å². The van der Waals surface area contributed by atoms with Gasteiger partial charge in [-0.05, 0) is 30.4 Å². The smallest absolute Gasteiger partial charge is 0.355 e. The Labute approximate surface area is 150 Å². The van der Waals surface area contributed by atoms with Crippen LogP contribution < -0.4 is 4.90 Å². The maximum Gasteiger partial charge on any atom is 0.355 e. The Bertz CT molecular complexity index is 717. The van der Waals surface area contributed by atoms with Crippen molar-refractivity contribution in [2.75, 3.05) is 19.1 Å². The number of anilines is 1. The molecule has 0 unspecified atom stereocenters. The summed E-state index contributed by atoms with van der Waals surface area (Å²) in [4.78, 5) is 25.9. The Kier molecular flexibility index (Phi) is 5.79. The molecular formula is C16H13Br2NO4. The third kappa shape index (κ3) is 3.92. The lowest BCUT2D eigenvalue weighted by Crippen LogP contribution is -2.27. The van der Waals surface area contributed by atoms with Gasteiger partial charge in [0, 0.05) is 20.8 Å². The number of esters is 2. The molecule has 0 spiro atoms. The molecule has 0 fully saturated rings. The summed E-state index contributed by atoms with van der Waals surface area (Å²) < 4.78 is 11.2. The second-order valence-corrected chi connectivity index (χ2v) is 6.28. The van der Waals surface area contributed by atoms with Crippen molar-refractivity contribution in [1.82, 2.24) is 0 Å². The van der Waals surface area contributed by atoms with E-state index < -0.39 is 11.9 Å². The first-order valence-electron chi connectivity index (χ1n) is 6.49. The number of carbonyl (C=O) groups is 2. The van der Waals surface area contributed by atoms with E-state index in [2.05, 4.69) is 31.9 Å². The fourth-order valence-corrected chi connectivity index (χ4v) is 3.31. The van der Waals surface area contributed by atoms with E-state index in [9.17, 15) is 9.59 Å². The lowest BCUT2D eigenvalue weighted by atomic mass is 10.1. The summed E-state index contributed by atoms with van der Waals surface area (Å²) in [5.41, 5.74) is 0.864. The van der Waals surface area contributed by atoms with Gasteiger partial charge >= 0.3 is 11.9 Å². The quantitative estimate of drug-likeness (QED) is 0.668.